The Balaban J connectivity index is 2.05. The Bertz CT molecular complexity index is 682. The van der Waals surface area contributed by atoms with Crippen LogP contribution < -0.4 is 5.32 Å². The molecule has 1 aromatic heterocycles. The summed E-state index contributed by atoms with van der Waals surface area (Å²) in [4.78, 5) is 23.6. The highest BCUT2D eigenvalue weighted by Gasteiger charge is 2.17. The maximum atomic E-state index is 13.4. The molecular weight excluding hydrogens is 305 g/mol. The highest BCUT2D eigenvalue weighted by molar-refractivity contribution is 7.10. The van der Waals surface area contributed by atoms with Crippen LogP contribution in [0.4, 0.5) is 4.39 Å². The van der Waals surface area contributed by atoms with Gasteiger partial charge >= 0.3 is 5.97 Å². The average molecular weight is 319 g/mol. The first kappa shape index (κ1) is 15.9. The van der Waals surface area contributed by atoms with Gasteiger partial charge in [0.25, 0.3) is 0 Å². The van der Waals surface area contributed by atoms with Gasteiger partial charge in [0.1, 0.15) is 5.82 Å². The normalized spacial score (nSPS) is 12.2. The molecule has 1 heterocycles. The van der Waals surface area contributed by atoms with Gasteiger partial charge in [-0.25, -0.2) is 4.39 Å². The smallest absolute Gasteiger partial charge is 0.305 e. The number of carboxylic acid groups (broad SMARTS) is 1. The molecule has 1 atom stereocenters. The largest absolute Gasteiger partial charge is 0.481 e. The van der Waals surface area contributed by atoms with Gasteiger partial charge in [-0.2, -0.15) is 0 Å². The number of thiophene rings is 1. The average Bonchev–Trinajstić information content (AvgIpc) is 2.99. The summed E-state index contributed by atoms with van der Waals surface area (Å²) in [5.74, 6) is -1.90. The summed E-state index contributed by atoms with van der Waals surface area (Å²) in [6, 6.07) is 9.03. The van der Waals surface area contributed by atoms with Crippen molar-refractivity contribution in [2.75, 3.05) is 0 Å². The van der Waals surface area contributed by atoms with E-state index in [0.717, 1.165) is 4.88 Å². The molecule has 0 aliphatic carbocycles. The number of carboxylic acids is 1. The van der Waals surface area contributed by atoms with Crippen LogP contribution in [-0.2, 0) is 9.59 Å². The predicted octanol–water partition coefficient (Wildman–Crippen LogP) is 3.23. The van der Waals surface area contributed by atoms with E-state index in [4.69, 9.17) is 5.11 Å². The summed E-state index contributed by atoms with van der Waals surface area (Å²) in [5, 5.41) is 13.4. The Labute approximate surface area is 130 Å². The molecule has 114 valence electrons. The molecule has 22 heavy (non-hydrogen) atoms. The van der Waals surface area contributed by atoms with Gasteiger partial charge in [-0.15, -0.1) is 11.3 Å². The first-order valence-corrected chi connectivity index (χ1v) is 7.42. The molecular formula is C16H14FNO3S. The summed E-state index contributed by atoms with van der Waals surface area (Å²) in [5.41, 5.74) is 0.295. The zero-order valence-corrected chi connectivity index (χ0v) is 12.3. The molecule has 2 N–H and O–H groups in total. The highest BCUT2D eigenvalue weighted by Crippen LogP contribution is 2.22. The molecule has 0 radical (unpaired) electrons. The van der Waals surface area contributed by atoms with Gasteiger partial charge in [0.2, 0.25) is 5.91 Å². The number of rotatable bonds is 6. The fourth-order valence-corrected chi connectivity index (χ4v) is 2.66. The van der Waals surface area contributed by atoms with Crippen LogP contribution in [0.15, 0.2) is 47.9 Å². The third-order valence-electron chi connectivity index (χ3n) is 2.90. The van der Waals surface area contributed by atoms with Crippen LogP contribution in [0.5, 0.6) is 0 Å². The minimum atomic E-state index is -1.00. The van der Waals surface area contributed by atoms with Crippen molar-refractivity contribution in [3.63, 3.8) is 0 Å². The van der Waals surface area contributed by atoms with Crippen molar-refractivity contribution in [1.82, 2.24) is 5.32 Å². The van der Waals surface area contributed by atoms with Crippen LogP contribution in [-0.4, -0.2) is 17.0 Å². The monoisotopic (exact) mass is 319 g/mol. The van der Waals surface area contributed by atoms with Crippen molar-refractivity contribution in [3.8, 4) is 0 Å². The van der Waals surface area contributed by atoms with Gasteiger partial charge in [-0.1, -0.05) is 24.3 Å². The van der Waals surface area contributed by atoms with E-state index in [1.165, 1.54) is 29.6 Å². The lowest BCUT2D eigenvalue weighted by Gasteiger charge is -2.14. The molecule has 0 aliphatic heterocycles. The summed E-state index contributed by atoms with van der Waals surface area (Å²) in [7, 11) is 0. The fourth-order valence-electron chi connectivity index (χ4n) is 1.88. The van der Waals surface area contributed by atoms with Gasteiger partial charge in [0.15, 0.2) is 0 Å². The van der Waals surface area contributed by atoms with Gasteiger partial charge < -0.3 is 10.4 Å². The second kappa shape index (κ2) is 7.51. The van der Waals surface area contributed by atoms with E-state index >= 15 is 0 Å². The number of nitrogens with one attached hydrogen (secondary N) is 1. The number of aliphatic carboxylic acids is 1. The third-order valence-corrected chi connectivity index (χ3v) is 3.89. The van der Waals surface area contributed by atoms with E-state index in [2.05, 4.69) is 5.32 Å². The van der Waals surface area contributed by atoms with Crippen molar-refractivity contribution >= 4 is 29.3 Å². The van der Waals surface area contributed by atoms with Crippen molar-refractivity contribution in [3.05, 3.63) is 64.1 Å². The molecule has 0 spiro atoms. The van der Waals surface area contributed by atoms with Crippen molar-refractivity contribution in [2.45, 2.75) is 12.5 Å². The zero-order valence-electron chi connectivity index (χ0n) is 11.5. The minimum absolute atomic E-state index is 0.209. The van der Waals surface area contributed by atoms with Crippen molar-refractivity contribution < 1.29 is 19.1 Å². The molecule has 6 heteroatoms. The standard InChI is InChI=1S/C16H14FNO3S/c17-12-5-2-1-4-11(12)7-8-15(19)18-13(10-16(20)21)14-6-3-9-22-14/h1-9,13H,10H2,(H,18,19)(H,20,21)/b8-7+/t13-/m0/s1. The molecule has 0 saturated heterocycles. The van der Waals surface area contributed by atoms with Gasteiger partial charge in [-0.3, -0.25) is 9.59 Å². The Morgan fingerprint density at radius 2 is 2.05 bits per heavy atom. The lowest BCUT2D eigenvalue weighted by Crippen LogP contribution is -2.28. The Kier molecular flexibility index (Phi) is 5.43. The summed E-state index contributed by atoms with van der Waals surface area (Å²) < 4.78 is 13.4. The molecule has 1 aromatic carbocycles. The van der Waals surface area contributed by atoms with Crippen LogP contribution in [0.3, 0.4) is 0 Å². The second-order valence-electron chi connectivity index (χ2n) is 4.53. The summed E-state index contributed by atoms with van der Waals surface area (Å²) >= 11 is 1.37. The molecule has 1 amide bonds. The van der Waals surface area contributed by atoms with Crippen LogP contribution in [0, 0.1) is 5.82 Å². The van der Waals surface area contributed by atoms with E-state index in [9.17, 15) is 14.0 Å². The van der Waals surface area contributed by atoms with E-state index in [-0.39, 0.29) is 6.42 Å². The Morgan fingerprint density at radius 1 is 1.27 bits per heavy atom. The van der Waals surface area contributed by atoms with Gasteiger partial charge in [-0.05, 0) is 23.6 Å². The number of hydrogen-bond acceptors (Lipinski definition) is 3. The molecule has 0 saturated carbocycles. The molecule has 0 unspecified atom stereocenters. The maximum Gasteiger partial charge on any atom is 0.305 e. The topological polar surface area (TPSA) is 66.4 Å². The van der Waals surface area contributed by atoms with E-state index in [0.29, 0.717) is 5.56 Å². The fraction of sp³-hybridized carbons (Fsp3) is 0.125. The maximum absolute atomic E-state index is 13.4. The summed E-state index contributed by atoms with van der Waals surface area (Å²) in [6.45, 7) is 0. The molecule has 0 fully saturated rings. The first-order chi connectivity index (χ1) is 10.6. The van der Waals surface area contributed by atoms with Crippen molar-refractivity contribution in [1.29, 1.82) is 0 Å². The number of benzene rings is 1. The molecule has 0 aliphatic rings. The molecule has 4 nitrogen and oxygen atoms in total. The van der Waals surface area contributed by atoms with E-state index in [1.807, 2.05) is 5.38 Å². The quantitative estimate of drug-likeness (QED) is 0.803. The van der Waals surface area contributed by atoms with Crippen LogP contribution >= 0.6 is 11.3 Å². The number of carbonyl (C=O) groups is 2. The zero-order chi connectivity index (χ0) is 15.9. The number of hydrogen-bond donors (Lipinski definition) is 2. The third kappa shape index (κ3) is 4.53. The molecule has 2 rings (SSSR count). The predicted molar refractivity (Wildman–Crippen MR) is 82.9 cm³/mol. The number of amides is 1. The van der Waals surface area contributed by atoms with Crippen molar-refractivity contribution in [2.24, 2.45) is 0 Å². The number of halogens is 1. The second-order valence-corrected chi connectivity index (χ2v) is 5.51. The van der Waals surface area contributed by atoms with Gasteiger partial charge in [0.05, 0.1) is 12.5 Å². The van der Waals surface area contributed by atoms with E-state index < -0.39 is 23.7 Å². The molecule has 2 aromatic rings. The van der Waals surface area contributed by atoms with Crippen LogP contribution in [0.2, 0.25) is 0 Å². The van der Waals surface area contributed by atoms with E-state index in [1.54, 1.807) is 30.3 Å². The highest BCUT2D eigenvalue weighted by atomic mass is 32.1. The number of carbonyl (C=O) groups excluding carboxylic acids is 1. The molecule has 0 bridgehead atoms. The Hall–Kier alpha value is -2.47. The SMILES string of the molecule is O=C(O)C[C@H](NC(=O)/C=C/c1ccccc1F)c1cccs1. The van der Waals surface area contributed by atoms with Crippen LogP contribution in [0.25, 0.3) is 6.08 Å². The lowest BCUT2D eigenvalue weighted by molar-refractivity contribution is -0.137. The minimum Gasteiger partial charge on any atom is -0.481 e. The lowest BCUT2D eigenvalue weighted by atomic mass is 10.1. The van der Waals surface area contributed by atoms with Gasteiger partial charge in [0, 0.05) is 16.5 Å². The first-order valence-electron chi connectivity index (χ1n) is 6.54. The Morgan fingerprint density at radius 3 is 2.68 bits per heavy atom. The van der Waals surface area contributed by atoms with Crippen LogP contribution in [0.1, 0.15) is 22.9 Å². The summed E-state index contributed by atoms with van der Waals surface area (Å²) in [6.07, 6.45) is 2.34.